The highest BCUT2D eigenvalue weighted by Crippen LogP contribution is 2.30. The third-order valence-corrected chi connectivity index (χ3v) is 3.00. The Bertz CT molecular complexity index is 579. The van der Waals surface area contributed by atoms with Gasteiger partial charge in [-0.05, 0) is 35.7 Å². The summed E-state index contributed by atoms with van der Waals surface area (Å²) < 4.78 is 5.35. The van der Waals surface area contributed by atoms with Gasteiger partial charge in [0.15, 0.2) is 0 Å². The van der Waals surface area contributed by atoms with Crippen molar-refractivity contribution >= 4 is 0 Å². The van der Waals surface area contributed by atoms with E-state index in [1.807, 2.05) is 12.1 Å². The largest absolute Gasteiger partial charge is 0.496 e. The van der Waals surface area contributed by atoms with E-state index >= 15 is 0 Å². The van der Waals surface area contributed by atoms with Gasteiger partial charge in [0.2, 0.25) is 0 Å². The molecule has 2 heteroatoms. The van der Waals surface area contributed by atoms with Crippen LogP contribution < -0.4 is 4.74 Å². The zero-order valence-corrected chi connectivity index (χ0v) is 10.6. The van der Waals surface area contributed by atoms with E-state index in [9.17, 15) is 0 Å². The highest BCUT2D eigenvalue weighted by Gasteiger charge is 2.06. The molecule has 0 spiro atoms. The first kappa shape index (κ1) is 12.2. The van der Waals surface area contributed by atoms with Crippen LogP contribution in [0.3, 0.4) is 0 Å². The number of rotatable bonds is 3. The summed E-state index contributed by atoms with van der Waals surface area (Å²) in [5, 5.41) is 8.96. The predicted molar refractivity (Wildman–Crippen MR) is 72.5 cm³/mol. The fourth-order valence-corrected chi connectivity index (χ4v) is 1.92. The molecule has 0 aliphatic carbocycles. The normalized spacial score (nSPS) is 9.83. The molecule has 0 saturated carbocycles. The number of ether oxygens (including phenoxy) is 1. The summed E-state index contributed by atoms with van der Waals surface area (Å²) in [6.07, 6.45) is 1.02. The van der Waals surface area contributed by atoms with E-state index in [0.29, 0.717) is 5.56 Å². The first-order valence-corrected chi connectivity index (χ1v) is 5.96. The summed E-state index contributed by atoms with van der Waals surface area (Å²) >= 11 is 0. The Morgan fingerprint density at radius 2 is 1.83 bits per heavy atom. The van der Waals surface area contributed by atoms with Crippen molar-refractivity contribution in [3.05, 3.63) is 53.6 Å². The third kappa shape index (κ3) is 2.36. The second-order valence-corrected chi connectivity index (χ2v) is 4.08. The quantitative estimate of drug-likeness (QED) is 0.813. The fourth-order valence-electron chi connectivity index (χ4n) is 1.92. The molecule has 18 heavy (non-hydrogen) atoms. The average molecular weight is 237 g/mol. The average Bonchev–Trinajstić information content (AvgIpc) is 2.46. The Kier molecular flexibility index (Phi) is 3.64. The number of hydrogen-bond acceptors (Lipinski definition) is 2. The number of methoxy groups -OCH3 is 1. The third-order valence-electron chi connectivity index (χ3n) is 3.00. The van der Waals surface area contributed by atoms with Gasteiger partial charge in [-0.25, -0.2) is 0 Å². The smallest absolute Gasteiger partial charge is 0.126 e. The van der Waals surface area contributed by atoms with Crippen LogP contribution in [-0.2, 0) is 6.42 Å². The maximum absolute atomic E-state index is 8.96. The Morgan fingerprint density at radius 3 is 2.39 bits per heavy atom. The number of hydrogen-bond donors (Lipinski definition) is 0. The van der Waals surface area contributed by atoms with Crippen molar-refractivity contribution in [1.29, 1.82) is 5.26 Å². The van der Waals surface area contributed by atoms with Gasteiger partial charge in [-0.3, -0.25) is 0 Å². The SMILES string of the molecule is CCc1ccc(-c2cc(C#N)ccc2OC)cc1. The lowest BCUT2D eigenvalue weighted by Crippen LogP contribution is -1.89. The van der Waals surface area contributed by atoms with Gasteiger partial charge in [0.25, 0.3) is 0 Å². The molecule has 2 aromatic rings. The standard InChI is InChI=1S/C16H15NO/c1-3-12-4-7-14(8-5-12)15-10-13(11-17)6-9-16(15)18-2/h4-10H,3H2,1-2H3. The number of nitriles is 1. The van der Waals surface area contributed by atoms with Crippen molar-refractivity contribution in [3.8, 4) is 22.9 Å². The second-order valence-electron chi connectivity index (χ2n) is 4.08. The van der Waals surface area contributed by atoms with Crippen molar-refractivity contribution in [2.45, 2.75) is 13.3 Å². The first-order valence-electron chi connectivity index (χ1n) is 5.96. The summed E-state index contributed by atoms with van der Waals surface area (Å²) in [7, 11) is 1.64. The van der Waals surface area contributed by atoms with Crippen molar-refractivity contribution < 1.29 is 4.74 Å². The van der Waals surface area contributed by atoms with Gasteiger partial charge in [0, 0.05) is 5.56 Å². The topological polar surface area (TPSA) is 33.0 Å². The van der Waals surface area contributed by atoms with Gasteiger partial charge in [-0.15, -0.1) is 0 Å². The second kappa shape index (κ2) is 5.37. The minimum Gasteiger partial charge on any atom is -0.496 e. The van der Waals surface area contributed by atoms with Gasteiger partial charge >= 0.3 is 0 Å². The van der Waals surface area contributed by atoms with Crippen molar-refractivity contribution in [3.63, 3.8) is 0 Å². The van der Waals surface area contributed by atoms with Crippen LogP contribution in [0.5, 0.6) is 5.75 Å². The van der Waals surface area contributed by atoms with E-state index in [0.717, 1.165) is 23.3 Å². The molecule has 2 rings (SSSR count). The summed E-state index contributed by atoms with van der Waals surface area (Å²) in [5.74, 6) is 0.790. The number of nitrogens with zero attached hydrogens (tertiary/aromatic N) is 1. The lowest BCUT2D eigenvalue weighted by molar-refractivity contribution is 0.416. The van der Waals surface area contributed by atoms with E-state index < -0.39 is 0 Å². The molecule has 0 fully saturated rings. The summed E-state index contributed by atoms with van der Waals surface area (Å²) in [6.45, 7) is 2.13. The molecular weight excluding hydrogens is 222 g/mol. The Labute approximate surface area is 107 Å². The lowest BCUT2D eigenvalue weighted by Gasteiger charge is -2.09. The molecule has 2 aromatic carbocycles. The van der Waals surface area contributed by atoms with Gasteiger partial charge in [-0.2, -0.15) is 5.26 Å². The Morgan fingerprint density at radius 1 is 1.11 bits per heavy atom. The van der Waals surface area contributed by atoms with Crippen molar-refractivity contribution in [2.24, 2.45) is 0 Å². The maximum Gasteiger partial charge on any atom is 0.126 e. The number of aryl methyl sites for hydroxylation is 1. The van der Waals surface area contributed by atoms with Gasteiger partial charge in [-0.1, -0.05) is 31.2 Å². The van der Waals surface area contributed by atoms with Crippen LogP contribution in [-0.4, -0.2) is 7.11 Å². The molecule has 0 aromatic heterocycles. The molecule has 0 amide bonds. The molecule has 0 atom stereocenters. The minimum absolute atomic E-state index is 0.644. The lowest BCUT2D eigenvalue weighted by atomic mass is 10.0. The monoisotopic (exact) mass is 237 g/mol. The summed E-state index contributed by atoms with van der Waals surface area (Å²) in [4.78, 5) is 0. The van der Waals surface area contributed by atoms with Crippen molar-refractivity contribution in [1.82, 2.24) is 0 Å². The molecule has 2 nitrogen and oxygen atoms in total. The molecule has 0 unspecified atom stereocenters. The molecule has 0 bridgehead atoms. The van der Waals surface area contributed by atoms with Crippen LogP contribution in [0.25, 0.3) is 11.1 Å². The van der Waals surface area contributed by atoms with Crippen LogP contribution in [0.4, 0.5) is 0 Å². The van der Waals surface area contributed by atoms with Gasteiger partial charge < -0.3 is 4.74 Å². The van der Waals surface area contributed by atoms with E-state index in [1.54, 1.807) is 13.2 Å². The zero-order valence-electron chi connectivity index (χ0n) is 10.6. The Hall–Kier alpha value is -2.27. The van der Waals surface area contributed by atoms with Crippen LogP contribution in [0, 0.1) is 11.3 Å². The van der Waals surface area contributed by atoms with Gasteiger partial charge in [0.1, 0.15) is 5.75 Å². The molecule has 0 N–H and O–H groups in total. The van der Waals surface area contributed by atoms with E-state index in [-0.39, 0.29) is 0 Å². The molecular formula is C16H15NO. The number of benzene rings is 2. The van der Waals surface area contributed by atoms with Crippen LogP contribution in [0.2, 0.25) is 0 Å². The molecule has 0 aliphatic heterocycles. The Balaban J connectivity index is 2.50. The first-order chi connectivity index (χ1) is 8.78. The predicted octanol–water partition coefficient (Wildman–Crippen LogP) is 3.80. The van der Waals surface area contributed by atoms with Crippen LogP contribution in [0.15, 0.2) is 42.5 Å². The van der Waals surface area contributed by atoms with Crippen molar-refractivity contribution in [2.75, 3.05) is 7.11 Å². The molecule has 0 radical (unpaired) electrons. The van der Waals surface area contributed by atoms with E-state index in [2.05, 4.69) is 37.3 Å². The van der Waals surface area contributed by atoms with Crippen LogP contribution >= 0.6 is 0 Å². The maximum atomic E-state index is 8.96. The highest BCUT2D eigenvalue weighted by molar-refractivity contribution is 5.72. The summed E-state index contributed by atoms with van der Waals surface area (Å²) in [6, 6.07) is 16.0. The van der Waals surface area contributed by atoms with Gasteiger partial charge in [0.05, 0.1) is 18.7 Å². The minimum atomic E-state index is 0.644. The van der Waals surface area contributed by atoms with Crippen LogP contribution in [0.1, 0.15) is 18.1 Å². The van der Waals surface area contributed by atoms with E-state index in [1.165, 1.54) is 5.56 Å². The molecule has 90 valence electrons. The van der Waals surface area contributed by atoms with E-state index in [4.69, 9.17) is 10.00 Å². The highest BCUT2D eigenvalue weighted by atomic mass is 16.5. The zero-order chi connectivity index (χ0) is 13.0. The summed E-state index contributed by atoms with van der Waals surface area (Å²) in [5.41, 5.74) is 3.97. The fraction of sp³-hybridized carbons (Fsp3) is 0.188. The molecule has 0 aliphatic rings. The molecule has 0 saturated heterocycles. The molecule has 0 heterocycles.